The molecule has 0 bridgehead atoms. The van der Waals surface area contributed by atoms with Crippen LogP contribution in [0.1, 0.15) is 23.2 Å². The summed E-state index contributed by atoms with van der Waals surface area (Å²) in [4.78, 5) is 18.5. The van der Waals surface area contributed by atoms with Crippen LogP contribution in [-0.2, 0) is 0 Å². The van der Waals surface area contributed by atoms with Crippen molar-refractivity contribution in [3.63, 3.8) is 0 Å². The van der Waals surface area contributed by atoms with Crippen LogP contribution in [0.3, 0.4) is 0 Å². The molecule has 2 heterocycles. The lowest BCUT2D eigenvalue weighted by Gasteiger charge is -2.15. The first-order valence-corrected chi connectivity index (χ1v) is 6.36. The topological polar surface area (TPSA) is 33.2 Å². The standard InChI is InChI=1S/C12H12N2OS/c15-12(14-6-1-2-7-14)9-4-3-5-10-11(9)13-8-16-10/h3-5,8H,1-2,6-7H2. The van der Waals surface area contributed by atoms with E-state index < -0.39 is 0 Å². The Kier molecular flexibility index (Phi) is 2.36. The highest BCUT2D eigenvalue weighted by Gasteiger charge is 2.21. The number of para-hydroxylation sites is 1. The molecule has 0 radical (unpaired) electrons. The molecule has 4 heteroatoms. The predicted octanol–water partition coefficient (Wildman–Crippen LogP) is 2.53. The lowest BCUT2D eigenvalue weighted by Crippen LogP contribution is -2.27. The van der Waals surface area contributed by atoms with Crippen LogP contribution in [0, 0.1) is 0 Å². The number of amides is 1. The van der Waals surface area contributed by atoms with Gasteiger partial charge >= 0.3 is 0 Å². The number of likely N-dealkylation sites (tertiary alicyclic amines) is 1. The first kappa shape index (κ1) is 9.78. The molecule has 1 aromatic carbocycles. The number of fused-ring (bicyclic) bond motifs is 1. The van der Waals surface area contributed by atoms with Crippen molar-refractivity contribution < 1.29 is 4.79 Å². The number of rotatable bonds is 1. The molecule has 3 nitrogen and oxygen atoms in total. The molecular weight excluding hydrogens is 220 g/mol. The van der Waals surface area contributed by atoms with Crippen molar-refractivity contribution in [3.05, 3.63) is 29.3 Å². The third-order valence-electron chi connectivity index (χ3n) is 2.98. The summed E-state index contributed by atoms with van der Waals surface area (Å²) in [6.45, 7) is 1.78. The van der Waals surface area contributed by atoms with Gasteiger partial charge in [-0.15, -0.1) is 11.3 Å². The van der Waals surface area contributed by atoms with Crippen molar-refractivity contribution in [1.82, 2.24) is 9.88 Å². The maximum atomic E-state index is 12.2. The maximum absolute atomic E-state index is 12.2. The van der Waals surface area contributed by atoms with Gasteiger partial charge in [0.2, 0.25) is 0 Å². The number of carbonyl (C=O) groups excluding carboxylic acids is 1. The van der Waals surface area contributed by atoms with Gasteiger partial charge in [0.05, 0.1) is 21.3 Å². The molecule has 0 unspecified atom stereocenters. The Labute approximate surface area is 97.7 Å². The molecule has 1 saturated heterocycles. The van der Waals surface area contributed by atoms with Gasteiger partial charge in [-0.2, -0.15) is 0 Å². The van der Waals surface area contributed by atoms with Crippen LogP contribution in [0.15, 0.2) is 23.7 Å². The Hall–Kier alpha value is -1.42. The van der Waals surface area contributed by atoms with E-state index in [1.165, 1.54) is 0 Å². The van der Waals surface area contributed by atoms with Crippen molar-refractivity contribution in [3.8, 4) is 0 Å². The third-order valence-corrected chi connectivity index (χ3v) is 3.78. The number of hydrogen-bond acceptors (Lipinski definition) is 3. The van der Waals surface area contributed by atoms with Crippen LogP contribution in [0.4, 0.5) is 0 Å². The highest BCUT2D eigenvalue weighted by atomic mass is 32.1. The van der Waals surface area contributed by atoms with Gasteiger partial charge in [-0.3, -0.25) is 4.79 Å². The van der Waals surface area contributed by atoms with E-state index in [2.05, 4.69) is 4.98 Å². The molecule has 0 N–H and O–H groups in total. The number of carbonyl (C=O) groups is 1. The van der Waals surface area contributed by atoms with Crippen LogP contribution in [0.25, 0.3) is 10.2 Å². The fourth-order valence-corrected chi connectivity index (χ4v) is 2.85. The zero-order chi connectivity index (χ0) is 11.0. The minimum absolute atomic E-state index is 0.133. The number of benzene rings is 1. The fourth-order valence-electron chi connectivity index (χ4n) is 2.15. The highest BCUT2D eigenvalue weighted by molar-refractivity contribution is 7.16. The largest absolute Gasteiger partial charge is 0.339 e. The smallest absolute Gasteiger partial charge is 0.256 e. The predicted molar refractivity (Wildman–Crippen MR) is 64.8 cm³/mol. The normalized spacial score (nSPS) is 15.9. The average Bonchev–Trinajstić information content (AvgIpc) is 2.98. The summed E-state index contributed by atoms with van der Waals surface area (Å²) in [7, 11) is 0. The quantitative estimate of drug-likeness (QED) is 0.757. The van der Waals surface area contributed by atoms with Gasteiger partial charge in [-0.1, -0.05) is 6.07 Å². The summed E-state index contributed by atoms with van der Waals surface area (Å²) in [6.07, 6.45) is 2.25. The van der Waals surface area contributed by atoms with Crippen LogP contribution in [0.5, 0.6) is 0 Å². The highest BCUT2D eigenvalue weighted by Crippen LogP contribution is 2.23. The molecule has 1 fully saturated rings. The lowest BCUT2D eigenvalue weighted by atomic mass is 10.2. The summed E-state index contributed by atoms with van der Waals surface area (Å²) in [5, 5.41) is 0. The van der Waals surface area contributed by atoms with E-state index in [4.69, 9.17) is 0 Å². The fraction of sp³-hybridized carbons (Fsp3) is 0.333. The van der Waals surface area contributed by atoms with Crippen molar-refractivity contribution in [2.75, 3.05) is 13.1 Å². The van der Waals surface area contributed by atoms with E-state index in [9.17, 15) is 4.79 Å². The number of thiazole rings is 1. The van der Waals surface area contributed by atoms with Gasteiger partial charge in [-0.25, -0.2) is 4.98 Å². The van der Waals surface area contributed by atoms with Crippen LogP contribution in [-0.4, -0.2) is 28.9 Å². The SMILES string of the molecule is O=C(c1cccc2scnc12)N1CCCC1. The van der Waals surface area contributed by atoms with Crippen molar-refractivity contribution in [2.45, 2.75) is 12.8 Å². The molecule has 1 amide bonds. The summed E-state index contributed by atoms with van der Waals surface area (Å²) in [5.74, 6) is 0.133. The summed E-state index contributed by atoms with van der Waals surface area (Å²) < 4.78 is 1.09. The second-order valence-electron chi connectivity index (χ2n) is 4.00. The zero-order valence-corrected chi connectivity index (χ0v) is 9.67. The number of nitrogens with zero attached hydrogens (tertiary/aromatic N) is 2. The minimum Gasteiger partial charge on any atom is -0.339 e. The van der Waals surface area contributed by atoms with Gasteiger partial charge in [0.25, 0.3) is 5.91 Å². The van der Waals surface area contributed by atoms with Gasteiger partial charge < -0.3 is 4.90 Å². The molecule has 0 atom stereocenters. The van der Waals surface area contributed by atoms with E-state index in [0.717, 1.165) is 41.7 Å². The van der Waals surface area contributed by atoms with Crippen LogP contribution in [0.2, 0.25) is 0 Å². The molecule has 1 aromatic heterocycles. The molecule has 0 spiro atoms. The molecular formula is C12H12N2OS. The third kappa shape index (κ3) is 1.50. The lowest BCUT2D eigenvalue weighted by molar-refractivity contribution is 0.0794. The van der Waals surface area contributed by atoms with Crippen molar-refractivity contribution in [2.24, 2.45) is 0 Å². The van der Waals surface area contributed by atoms with Crippen molar-refractivity contribution >= 4 is 27.5 Å². The Morgan fingerprint density at radius 2 is 2.12 bits per heavy atom. The van der Waals surface area contributed by atoms with Gasteiger partial charge in [0, 0.05) is 13.1 Å². The summed E-state index contributed by atoms with van der Waals surface area (Å²) in [6, 6.07) is 5.82. The molecule has 2 aromatic rings. The monoisotopic (exact) mass is 232 g/mol. The number of aromatic nitrogens is 1. The molecule has 0 aliphatic carbocycles. The minimum atomic E-state index is 0.133. The van der Waals surface area contributed by atoms with Crippen LogP contribution < -0.4 is 0 Å². The first-order chi connectivity index (χ1) is 7.86. The number of hydrogen-bond donors (Lipinski definition) is 0. The average molecular weight is 232 g/mol. The van der Waals surface area contributed by atoms with E-state index in [1.807, 2.05) is 23.1 Å². The molecule has 16 heavy (non-hydrogen) atoms. The van der Waals surface area contributed by atoms with E-state index in [-0.39, 0.29) is 5.91 Å². The summed E-state index contributed by atoms with van der Waals surface area (Å²) in [5.41, 5.74) is 3.40. The van der Waals surface area contributed by atoms with E-state index >= 15 is 0 Å². The summed E-state index contributed by atoms with van der Waals surface area (Å²) >= 11 is 1.58. The zero-order valence-electron chi connectivity index (χ0n) is 8.85. The maximum Gasteiger partial charge on any atom is 0.256 e. The van der Waals surface area contributed by atoms with E-state index in [1.54, 1.807) is 16.8 Å². The molecule has 82 valence electrons. The second-order valence-corrected chi connectivity index (χ2v) is 4.89. The Bertz CT molecular complexity index is 529. The molecule has 3 rings (SSSR count). The van der Waals surface area contributed by atoms with Crippen molar-refractivity contribution in [1.29, 1.82) is 0 Å². The van der Waals surface area contributed by atoms with Gasteiger partial charge in [0.1, 0.15) is 0 Å². The second kappa shape index (κ2) is 3.87. The first-order valence-electron chi connectivity index (χ1n) is 5.48. The Morgan fingerprint density at radius 1 is 1.31 bits per heavy atom. The molecule has 1 aliphatic rings. The Balaban J connectivity index is 2.04. The van der Waals surface area contributed by atoms with E-state index in [0.29, 0.717) is 0 Å². The van der Waals surface area contributed by atoms with Gasteiger partial charge in [-0.05, 0) is 25.0 Å². The Morgan fingerprint density at radius 3 is 2.94 bits per heavy atom. The molecule has 0 saturated carbocycles. The van der Waals surface area contributed by atoms with Crippen LogP contribution >= 0.6 is 11.3 Å². The molecule has 1 aliphatic heterocycles. The van der Waals surface area contributed by atoms with Gasteiger partial charge in [0.15, 0.2) is 0 Å².